The molecule has 0 spiro atoms. The van der Waals surface area contributed by atoms with Crippen LogP contribution in [-0.4, -0.2) is 25.5 Å². The van der Waals surface area contributed by atoms with Gasteiger partial charge in [0.15, 0.2) is 0 Å². The van der Waals surface area contributed by atoms with Gasteiger partial charge in [-0.3, -0.25) is 0 Å². The van der Waals surface area contributed by atoms with Crippen LogP contribution in [0.1, 0.15) is 43.5 Å². The van der Waals surface area contributed by atoms with Crippen molar-refractivity contribution in [2.45, 2.75) is 44.0 Å². The van der Waals surface area contributed by atoms with Gasteiger partial charge in [0.25, 0.3) is 0 Å². The molecular formula is C13H18ClNO4S. The number of benzene rings is 1. The highest BCUT2D eigenvalue weighted by molar-refractivity contribution is 7.89. The Kier molecular flexibility index (Phi) is 5.98. The summed E-state index contributed by atoms with van der Waals surface area (Å²) in [7, 11) is -3.83. The van der Waals surface area contributed by atoms with E-state index in [2.05, 4.69) is 4.72 Å². The molecule has 1 aromatic rings. The number of carbonyl (C=O) groups is 1. The summed E-state index contributed by atoms with van der Waals surface area (Å²) in [5, 5.41) is 8.93. The van der Waals surface area contributed by atoms with Crippen molar-refractivity contribution in [1.82, 2.24) is 4.72 Å². The van der Waals surface area contributed by atoms with Crippen LogP contribution >= 0.6 is 11.6 Å². The highest BCUT2D eigenvalue weighted by Gasteiger charge is 2.22. The molecule has 112 valence electrons. The Morgan fingerprint density at radius 2 is 2.05 bits per heavy atom. The van der Waals surface area contributed by atoms with E-state index in [4.69, 9.17) is 16.7 Å². The number of hydrogen-bond acceptors (Lipinski definition) is 3. The van der Waals surface area contributed by atoms with Crippen molar-refractivity contribution in [3.05, 3.63) is 28.8 Å². The fourth-order valence-electron chi connectivity index (χ4n) is 1.82. The van der Waals surface area contributed by atoms with Gasteiger partial charge < -0.3 is 5.11 Å². The van der Waals surface area contributed by atoms with Gasteiger partial charge in [-0.25, -0.2) is 17.9 Å². The SMILES string of the molecule is CCCC(CC)NS(=O)(=O)c1cc(C(=O)O)ccc1Cl. The summed E-state index contributed by atoms with van der Waals surface area (Å²) < 4.78 is 27.1. The topological polar surface area (TPSA) is 83.5 Å². The number of aromatic carboxylic acids is 1. The summed E-state index contributed by atoms with van der Waals surface area (Å²) in [6.45, 7) is 3.85. The zero-order valence-corrected chi connectivity index (χ0v) is 13.0. The molecule has 0 aliphatic heterocycles. The van der Waals surface area contributed by atoms with Gasteiger partial charge in [0.1, 0.15) is 4.90 Å². The molecule has 0 amide bonds. The number of rotatable bonds is 7. The Morgan fingerprint density at radius 1 is 1.40 bits per heavy atom. The third-order valence-electron chi connectivity index (χ3n) is 2.92. The van der Waals surface area contributed by atoms with E-state index in [1.54, 1.807) is 0 Å². The van der Waals surface area contributed by atoms with Crippen LogP contribution in [0.5, 0.6) is 0 Å². The molecule has 1 atom stereocenters. The number of carboxylic acids is 1. The molecule has 0 aliphatic carbocycles. The van der Waals surface area contributed by atoms with Gasteiger partial charge in [-0.15, -0.1) is 0 Å². The quantitative estimate of drug-likeness (QED) is 0.809. The van der Waals surface area contributed by atoms with Gasteiger partial charge in [0, 0.05) is 6.04 Å². The normalized spacial score (nSPS) is 13.2. The molecule has 0 heterocycles. The first-order valence-electron chi connectivity index (χ1n) is 6.37. The van der Waals surface area contributed by atoms with Gasteiger partial charge in [-0.1, -0.05) is 31.9 Å². The van der Waals surface area contributed by atoms with Crippen LogP contribution in [0, 0.1) is 0 Å². The lowest BCUT2D eigenvalue weighted by molar-refractivity contribution is 0.0696. The zero-order valence-electron chi connectivity index (χ0n) is 11.4. The van der Waals surface area contributed by atoms with Crippen LogP contribution in [0.4, 0.5) is 0 Å². The molecule has 1 aromatic carbocycles. The van der Waals surface area contributed by atoms with E-state index < -0.39 is 16.0 Å². The molecule has 0 radical (unpaired) electrons. The largest absolute Gasteiger partial charge is 0.478 e. The minimum absolute atomic E-state index is 0.00820. The van der Waals surface area contributed by atoms with E-state index in [0.717, 1.165) is 12.5 Å². The van der Waals surface area contributed by atoms with Crippen LogP contribution in [0.2, 0.25) is 5.02 Å². The molecule has 0 bridgehead atoms. The summed E-state index contributed by atoms with van der Waals surface area (Å²) in [5.74, 6) is -1.20. The van der Waals surface area contributed by atoms with Crippen molar-refractivity contribution in [2.24, 2.45) is 0 Å². The minimum Gasteiger partial charge on any atom is -0.478 e. The molecule has 2 N–H and O–H groups in total. The monoisotopic (exact) mass is 319 g/mol. The summed E-state index contributed by atoms with van der Waals surface area (Å²) >= 11 is 5.88. The first-order chi connectivity index (χ1) is 9.31. The molecule has 0 aliphatic rings. The molecule has 0 fully saturated rings. The summed E-state index contributed by atoms with van der Waals surface area (Å²) in [6, 6.07) is 3.44. The molecule has 1 unspecified atom stereocenters. The van der Waals surface area contributed by atoms with E-state index in [0.29, 0.717) is 12.8 Å². The smallest absolute Gasteiger partial charge is 0.335 e. The molecule has 5 nitrogen and oxygen atoms in total. The Labute approximate surface area is 124 Å². The zero-order chi connectivity index (χ0) is 15.3. The lowest BCUT2D eigenvalue weighted by atomic mass is 10.1. The molecule has 1 rings (SSSR count). The number of carboxylic acid groups (broad SMARTS) is 1. The fraction of sp³-hybridized carbons (Fsp3) is 0.462. The lowest BCUT2D eigenvalue weighted by Crippen LogP contribution is -2.34. The molecule has 20 heavy (non-hydrogen) atoms. The second-order valence-electron chi connectivity index (χ2n) is 4.47. The second-order valence-corrected chi connectivity index (χ2v) is 6.56. The first-order valence-corrected chi connectivity index (χ1v) is 8.23. The van der Waals surface area contributed by atoms with Crippen molar-refractivity contribution in [1.29, 1.82) is 0 Å². The maximum Gasteiger partial charge on any atom is 0.335 e. The number of nitrogens with one attached hydrogen (secondary N) is 1. The van der Waals surface area contributed by atoms with Crippen molar-refractivity contribution in [3.63, 3.8) is 0 Å². The van der Waals surface area contributed by atoms with Crippen LogP contribution in [0.15, 0.2) is 23.1 Å². The van der Waals surface area contributed by atoms with Crippen molar-refractivity contribution >= 4 is 27.6 Å². The first kappa shape index (κ1) is 16.9. The molecule has 0 aromatic heterocycles. The van der Waals surface area contributed by atoms with Crippen LogP contribution in [0.3, 0.4) is 0 Å². The molecular weight excluding hydrogens is 302 g/mol. The molecule has 7 heteroatoms. The number of sulfonamides is 1. The van der Waals surface area contributed by atoms with Crippen LogP contribution in [-0.2, 0) is 10.0 Å². The van der Waals surface area contributed by atoms with Gasteiger partial charge in [0.2, 0.25) is 10.0 Å². The third kappa shape index (κ3) is 4.19. The number of halogens is 1. The van der Waals surface area contributed by atoms with Crippen LogP contribution in [0.25, 0.3) is 0 Å². The van der Waals surface area contributed by atoms with Gasteiger partial charge >= 0.3 is 5.97 Å². The van der Waals surface area contributed by atoms with Gasteiger partial charge in [0.05, 0.1) is 10.6 Å². The average Bonchev–Trinajstić information content (AvgIpc) is 2.37. The van der Waals surface area contributed by atoms with Gasteiger partial charge in [-0.05, 0) is 31.0 Å². The average molecular weight is 320 g/mol. The predicted octanol–water partition coefficient (Wildman–Crippen LogP) is 2.90. The van der Waals surface area contributed by atoms with E-state index in [1.807, 2.05) is 13.8 Å². The summed E-state index contributed by atoms with van der Waals surface area (Å²) in [5.41, 5.74) is -0.113. The second kappa shape index (κ2) is 7.06. The Hall–Kier alpha value is -1.11. The highest BCUT2D eigenvalue weighted by Crippen LogP contribution is 2.23. The maximum atomic E-state index is 12.3. The molecule has 0 saturated carbocycles. The minimum atomic E-state index is -3.83. The number of hydrogen-bond donors (Lipinski definition) is 2. The molecule has 0 saturated heterocycles. The maximum absolute atomic E-state index is 12.3. The highest BCUT2D eigenvalue weighted by atomic mass is 35.5. The lowest BCUT2D eigenvalue weighted by Gasteiger charge is -2.17. The standard InChI is InChI=1S/C13H18ClNO4S/c1-3-5-10(4-2)15-20(18,19)12-8-9(13(16)17)6-7-11(12)14/h6-8,10,15H,3-5H2,1-2H3,(H,16,17). The summed E-state index contributed by atoms with van der Waals surface area (Å²) in [4.78, 5) is 10.7. The van der Waals surface area contributed by atoms with E-state index in [9.17, 15) is 13.2 Å². The Morgan fingerprint density at radius 3 is 2.55 bits per heavy atom. The van der Waals surface area contributed by atoms with Crippen LogP contribution < -0.4 is 4.72 Å². The van der Waals surface area contributed by atoms with E-state index in [1.165, 1.54) is 12.1 Å². The Bertz CT molecular complexity index is 586. The Balaban J connectivity index is 3.14. The van der Waals surface area contributed by atoms with Crippen molar-refractivity contribution < 1.29 is 18.3 Å². The predicted molar refractivity (Wildman–Crippen MR) is 77.7 cm³/mol. The van der Waals surface area contributed by atoms with E-state index in [-0.39, 0.29) is 21.5 Å². The van der Waals surface area contributed by atoms with E-state index >= 15 is 0 Å². The summed E-state index contributed by atoms with van der Waals surface area (Å²) in [6.07, 6.45) is 2.22. The van der Waals surface area contributed by atoms with Gasteiger partial charge in [-0.2, -0.15) is 0 Å². The third-order valence-corrected chi connectivity index (χ3v) is 4.92. The van der Waals surface area contributed by atoms with Crippen molar-refractivity contribution in [2.75, 3.05) is 0 Å². The van der Waals surface area contributed by atoms with Crippen molar-refractivity contribution in [3.8, 4) is 0 Å². The fourth-order valence-corrected chi connectivity index (χ4v) is 3.70.